The predicted octanol–water partition coefficient (Wildman–Crippen LogP) is 1.17. The minimum Gasteiger partial charge on any atom is -0.384 e. The second kappa shape index (κ2) is 2.45. The van der Waals surface area contributed by atoms with Crippen LogP contribution in [0.4, 0.5) is 0 Å². The monoisotopic (exact) mass is 152 g/mol. The molecular weight excluding hydrogens is 140 g/mol. The van der Waals surface area contributed by atoms with Gasteiger partial charge in [0, 0.05) is 19.4 Å². The van der Waals surface area contributed by atoms with E-state index >= 15 is 0 Å². The van der Waals surface area contributed by atoms with Gasteiger partial charge in [-0.3, -0.25) is 4.79 Å². The van der Waals surface area contributed by atoms with Crippen LogP contribution in [0.1, 0.15) is 12.8 Å². The molecule has 2 aliphatic carbocycles. The normalized spacial score (nSPS) is 34.6. The molecule has 0 aromatic heterocycles. The van der Waals surface area contributed by atoms with E-state index in [0.29, 0.717) is 17.6 Å². The van der Waals surface area contributed by atoms with Crippen LogP contribution in [0.3, 0.4) is 0 Å². The van der Waals surface area contributed by atoms with Crippen molar-refractivity contribution in [1.82, 2.24) is 0 Å². The lowest BCUT2D eigenvalue weighted by atomic mass is 9.99. The Morgan fingerprint density at radius 2 is 2.55 bits per heavy atom. The van der Waals surface area contributed by atoms with Crippen molar-refractivity contribution >= 4 is 5.78 Å². The van der Waals surface area contributed by atoms with Gasteiger partial charge in [0.05, 0.1) is 6.61 Å². The maximum atomic E-state index is 11.2. The first kappa shape index (κ1) is 7.04. The highest BCUT2D eigenvalue weighted by molar-refractivity contribution is 5.99. The lowest BCUT2D eigenvalue weighted by Gasteiger charge is -2.10. The second-order valence-electron chi connectivity index (χ2n) is 3.34. The van der Waals surface area contributed by atoms with Gasteiger partial charge in [0.25, 0.3) is 0 Å². The van der Waals surface area contributed by atoms with Gasteiger partial charge in [0.1, 0.15) is 0 Å². The van der Waals surface area contributed by atoms with Crippen molar-refractivity contribution in [2.24, 2.45) is 11.8 Å². The molecule has 11 heavy (non-hydrogen) atoms. The Kier molecular flexibility index (Phi) is 1.57. The molecule has 0 saturated heterocycles. The van der Waals surface area contributed by atoms with Crippen molar-refractivity contribution in [3.63, 3.8) is 0 Å². The van der Waals surface area contributed by atoms with Crippen LogP contribution in [0.25, 0.3) is 0 Å². The third kappa shape index (κ3) is 0.932. The number of ketones is 1. The van der Waals surface area contributed by atoms with Gasteiger partial charge >= 0.3 is 0 Å². The van der Waals surface area contributed by atoms with E-state index in [1.165, 1.54) is 0 Å². The Morgan fingerprint density at radius 1 is 1.73 bits per heavy atom. The van der Waals surface area contributed by atoms with Gasteiger partial charge in [-0.05, 0) is 17.9 Å². The molecule has 2 bridgehead atoms. The van der Waals surface area contributed by atoms with E-state index in [-0.39, 0.29) is 0 Å². The molecule has 0 spiro atoms. The summed E-state index contributed by atoms with van der Waals surface area (Å²) in [4.78, 5) is 11.2. The highest BCUT2D eigenvalue weighted by Crippen LogP contribution is 2.42. The van der Waals surface area contributed by atoms with Crippen LogP contribution in [-0.2, 0) is 9.53 Å². The van der Waals surface area contributed by atoms with Crippen LogP contribution < -0.4 is 0 Å². The standard InChI is InChI=1S/C9H12O2/c1-11-5-8-6-2-3-7(8)9(10)4-6/h3,6,8H,2,4-5H2,1H3. The summed E-state index contributed by atoms with van der Waals surface area (Å²) in [7, 11) is 1.70. The third-order valence-corrected chi connectivity index (χ3v) is 2.72. The summed E-state index contributed by atoms with van der Waals surface area (Å²) in [6.07, 6.45) is 3.94. The number of methoxy groups -OCH3 is 1. The number of hydrogen-bond acceptors (Lipinski definition) is 2. The molecule has 2 atom stereocenters. The van der Waals surface area contributed by atoms with Crippen molar-refractivity contribution in [2.45, 2.75) is 12.8 Å². The van der Waals surface area contributed by atoms with Gasteiger partial charge in [-0.2, -0.15) is 0 Å². The smallest absolute Gasteiger partial charge is 0.159 e. The Labute approximate surface area is 66.2 Å². The minimum atomic E-state index is 0.350. The molecular formula is C9H12O2. The summed E-state index contributed by atoms with van der Waals surface area (Å²) in [5, 5.41) is 0. The van der Waals surface area contributed by atoms with E-state index in [9.17, 15) is 4.79 Å². The predicted molar refractivity (Wildman–Crippen MR) is 41.2 cm³/mol. The van der Waals surface area contributed by atoms with E-state index in [1.807, 2.05) is 0 Å². The topological polar surface area (TPSA) is 26.3 Å². The van der Waals surface area contributed by atoms with E-state index < -0.39 is 0 Å². The maximum absolute atomic E-state index is 11.2. The number of hydrogen-bond donors (Lipinski definition) is 0. The molecule has 2 unspecified atom stereocenters. The fraction of sp³-hybridized carbons (Fsp3) is 0.667. The zero-order chi connectivity index (χ0) is 7.84. The summed E-state index contributed by atoms with van der Waals surface area (Å²) in [5.74, 6) is 1.34. The summed E-state index contributed by atoms with van der Waals surface area (Å²) in [6.45, 7) is 0.724. The zero-order valence-electron chi connectivity index (χ0n) is 6.67. The summed E-state index contributed by atoms with van der Waals surface area (Å²) >= 11 is 0. The van der Waals surface area contributed by atoms with Gasteiger partial charge in [-0.15, -0.1) is 0 Å². The fourth-order valence-electron chi connectivity index (χ4n) is 2.16. The molecule has 2 aliphatic rings. The molecule has 0 radical (unpaired) electrons. The maximum Gasteiger partial charge on any atom is 0.159 e. The Morgan fingerprint density at radius 3 is 3.00 bits per heavy atom. The van der Waals surface area contributed by atoms with Crippen molar-refractivity contribution in [2.75, 3.05) is 13.7 Å². The molecule has 0 aliphatic heterocycles. The van der Waals surface area contributed by atoms with Crippen LogP contribution >= 0.6 is 0 Å². The van der Waals surface area contributed by atoms with E-state index in [2.05, 4.69) is 6.08 Å². The van der Waals surface area contributed by atoms with Crippen LogP contribution in [-0.4, -0.2) is 19.5 Å². The Bertz CT molecular complexity index is 218. The first-order valence-electron chi connectivity index (χ1n) is 4.05. The molecule has 1 saturated carbocycles. The first-order valence-corrected chi connectivity index (χ1v) is 4.05. The molecule has 1 fully saturated rings. The van der Waals surface area contributed by atoms with Crippen molar-refractivity contribution in [3.8, 4) is 0 Å². The van der Waals surface area contributed by atoms with E-state index in [0.717, 1.165) is 25.0 Å². The molecule has 2 nitrogen and oxygen atoms in total. The van der Waals surface area contributed by atoms with Gasteiger partial charge < -0.3 is 4.74 Å². The zero-order valence-corrected chi connectivity index (χ0v) is 6.67. The number of ether oxygens (including phenoxy) is 1. The fourth-order valence-corrected chi connectivity index (χ4v) is 2.16. The molecule has 0 heterocycles. The number of rotatable bonds is 2. The van der Waals surface area contributed by atoms with Gasteiger partial charge in [-0.25, -0.2) is 0 Å². The molecule has 2 heteroatoms. The molecule has 60 valence electrons. The average Bonchev–Trinajstić information content (AvgIpc) is 2.46. The summed E-state index contributed by atoms with van der Waals surface area (Å²) in [5.41, 5.74) is 1.04. The van der Waals surface area contributed by atoms with Gasteiger partial charge in [0.2, 0.25) is 0 Å². The highest BCUT2D eigenvalue weighted by atomic mass is 16.5. The average molecular weight is 152 g/mol. The summed E-state index contributed by atoms with van der Waals surface area (Å²) < 4.78 is 5.06. The van der Waals surface area contributed by atoms with Crippen molar-refractivity contribution < 1.29 is 9.53 Å². The largest absolute Gasteiger partial charge is 0.384 e. The molecule has 0 aromatic carbocycles. The Balaban J connectivity index is 2.15. The quantitative estimate of drug-likeness (QED) is 0.593. The molecule has 0 amide bonds. The number of Topliss-reactive ketones (excluding diaryl/α,β-unsaturated/α-hetero) is 1. The third-order valence-electron chi connectivity index (χ3n) is 2.72. The van der Waals surface area contributed by atoms with Crippen LogP contribution in [0.2, 0.25) is 0 Å². The Hall–Kier alpha value is -0.630. The number of allylic oxidation sites excluding steroid dienone is 1. The number of carbonyl (C=O) groups excluding carboxylic acids is 1. The van der Waals surface area contributed by atoms with Crippen LogP contribution in [0.5, 0.6) is 0 Å². The number of fused-ring (bicyclic) bond motifs is 2. The molecule has 0 aromatic rings. The lowest BCUT2D eigenvalue weighted by molar-refractivity contribution is -0.115. The second-order valence-corrected chi connectivity index (χ2v) is 3.34. The van der Waals surface area contributed by atoms with Gasteiger partial charge in [0.15, 0.2) is 5.78 Å². The van der Waals surface area contributed by atoms with E-state index in [1.54, 1.807) is 7.11 Å². The first-order chi connectivity index (χ1) is 5.33. The van der Waals surface area contributed by atoms with E-state index in [4.69, 9.17) is 4.74 Å². The SMILES string of the molecule is COCC1C2=CCC1CC2=O. The summed E-state index contributed by atoms with van der Waals surface area (Å²) in [6, 6.07) is 0. The van der Waals surface area contributed by atoms with Gasteiger partial charge in [-0.1, -0.05) is 6.08 Å². The highest BCUT2D eigenvalue weighted by Gasteiger charge is 2.40. The number of carbonyl (C=O) groups is 1. The van der Waals surface area contributed by atoms with Crippen LogP contribution in [0.15, 0.2) is 11.6 Å². The lowest BCUT2D eigenvalue weighted by Crippen LogP contribution is -2.10. The molecule has 2 rings (SSSR count). The van der Waals surface area contributed by atoms with Crippen molar-refractivity contribution in [3.05, 3.63) is 11.6 Å². The molecule has 0 N–H and O–H groups in total. The van der Waals surface area contributed by atoms with Crippen LogP contribution in [0, 0.1) is 11.8 Å². The minimum absolute atomic E-state index is 0.350. The van der Waals surface area contributed by atoms with Crippen molar-refractivity contribution in [1.29, 1.82) is 0 Å².